The molecular weight excluding hydrogens is 334 g/mol. The van der Waals surface area contributed by atoms with Crippen molar-refractivity contribution in [1.82, 2.24) is 9.55 Å². The Morgan fingerprint density at radius 2 is 1.72 bits per heavy atom. The second-order valence-electron chi connectivity index (χ2n) is 6.55. The molecule has 0 saturated heterocycles. The van der Waals surface area contributed by atoms with Gasteiger partial charge in [-0.2, -0.15) is 0 Å². The van der Waals surface area contributed by atoms with E-state index in [1.807, 2.05) is 53.1 Å². The number of nitrogens with one attached hydrogen (secondary N) is 1. The Labute approximate surface area is 151 Å². The lowest BCUT2D eigenvalue weighted by atomic mass is 9.95. The van der Waals surface area contributed by atoms with Crippen LogP contribution >= 0.6 is 11.6 Å². The minimum absolute atomic E-state index is 0.0361. The van der Waals surface area contributed by atoms with E-state index in [2.05, 4.69) is 5.32 Å². The molecule has 3 aromatic rings. The average Bonchev–Trinajstić information content (AvgIpc) is 2.65. The highest BCUT2D eigenvalue weighted by Gasteiger charge is 2.21. The molecule has 0 unspecified atom stereocenters. The molecule has 1 saturated carbocycles. The van der Waals surface area contributed by atoms with Crippen molar-refractivity contribution in [2.75, 3.05) is 5.32 Å². The van der Waals surface area contributed by atoms with Gasteiger partial charge in [-0.1, -0.05) is 43.0 Å². The molecule has 5 heteroatoms. The van der Waals surface area contributed by atoms with Crippen molar-refractivity contribution in [2.45, 2.75) is 38.1 Å². The fourth-order valence-corrected chi connectivity index (χ4v) is 3.70. The summed E-state index contributed by atoms with van der Waals surface area (Å²) in [6.45, 7) is 0. The maximum absolute atomic E-state index is 13.2. The van der Waals surface area contributed by atoms with Crippen LogP contribution in [0.3, 0.4) is 0 Å². The van der Waals surface area contributed by atoms with Crippen LogP contribution in [-0.2, 0) is 0 Å². The number of benzene rings is 2. The zero-order valence-corrected chi connectivity index (χ0v) is 14.7. The first-order valence-corrected chi connectivity index (χ1v) is 9.14. The van der Waals surface area contributed by atoms with Crippen molar-refractivity contribution < 1.29 is 0 Å². The average molecular weight is 354 g/mol. The largest absolute Gasteiger partial charge is 0.326 e. The quantitative estimate of drug-likeness (QED) is 0.695. The van der Waals surface area contributed by atoms with E-state index in [0.29, 0.717) is 16.4 Å². The monoisotopic (exact) mass is 353 g/mol. The molecule has 0 spiro atoms. The van der Waals surface area contributed by atoms with E-state index in [1.54, 1.807) is 0 Å². The van der Waals surface area contributed by atoms with Crippen molar-refractivity contribution in [3.8, 4) is 0 Å². The molecule has 1 N–H and O–H groups in total. The van der Waals surface area contributed by atoms with Crippen LogP contribution in [0, 0.1) is 0 Å². The third-order valence-corrected chi connectivity index (χ3v) is 5.10. The van der Waals surface area contributed by atoms with E-state index in [-0.39, 0.29) is 11.6 Å². The maximum Gasteiger partial charge on any atom is 0.263 e. The third-order valence-electron chi connectivity index (χ3n) is 4.85. The van der Waals surface area contributed by atoms with Crippen LogP contribution < -0.4 is 10.9 Å². The number of rotatable bonds is 3. The zero-order chi connectivity index (χ0) is 17.2. The van der Waals surface area contributed by atoms with Crippen molar-refractivity contribution >= 4 is 34.1 Å². The minimum atomic E-state index is 0.0361. The number of nitrogens with zero attached hydrogens (tertiary/aromatic N) is 2. The number of hydrogen-bond donors (Lipinski definition) is 1. The van der Waals surface area contributed by atoms with Crippen LogP contribution in [0.5, 0.6) is 0 Å². The molecule has 1 aliphatic rings. The van der Waals surface area contributed by atoms with Crippen LogP contribution in [0.2, 0.25) is 5.02 Å². The Balaban J connectivity index is 1.85. The van der Waals surface area contributed by atoms with Crippen LogP contribution in [0.25, 0.3) is 10.9 Å². The Kier molecular flexibility index (Phi) is 4.45. The first-order valence-electron chi connectivity index (χ1n) is 8.76. The SMILES string of the molecule is O=c1c2ccccc2nc(Nc2ccc(Cl)cc2)n1C1CCCCC1. The summed E-state index contributed by atoms with van der Waals surface area (Å²) in [4.78, 5) is 17.9. The van der Waals surface area contributed by atoms with Gasteiger partial charge in [0.25, 0.3) is 5.56 Å². The molecule has 2 aromatic carbocycles. The van der Waals surface area contributed by atoms with Gasteiger partial charge in [0, 0.05) is 16.8 Å². The highest BCUT2D eigenvalue weighted by Crippen LogP contribution is 2.30. The van der Waals surface area contributed by atoms with E-state index >= 15 is 0 Å². The number of para-hydroxylation sites is 1. The molecule has 4 rings (SSSR count). The van der Waals surface area contributed by atoms with Crippen molar-refractivity contribution in [2.24, 2.45) is 0 Å². The van der Waals surface area contributed by atoms with Crippen LogP contribution in [0.4, 0.5) is 11.6 Å². The summed E-state index contributed by atoms with van der Waals surface area (Å²) >= 11 is 5.97. The lowest BCUT2D eigenvalue weighted by molar-refractivity contribution is 0.349. The molecule has 25 heavy (non-hydrogen) atoms. The predicted octanol–water partition coefficient (Wildman–Crippen LogP) is 5.30. The third kappa shape index (κ3) is 3.27. The van der Waals surface area contributed by atoms with Crippen molar-refractivity contribution in [3.05, 3.63) is 63.9 Å². The summed E-state index contributed by atoms with van der Waals surface area (Å²) in [5.74, 6) is 0.609. The lowest BCUT2D eigenvalue weighted by Gasteiger charge is -2.26. The first kappa shape index (κ1) is 16.2. The van der Waals surface area contributed by atoms with Gasteiger partial charge < -0.3 is 5.32 Å². The summed E-state index contributed by atoms with van der Waals surface area (Å²) in [7, 11) is 0. The highest BCUT2D eigenvalue weighted by molar-refractivity contribution is 6.30. The van der Waals surface area contributed by atoms with Gasteiger partial charge in [-0.25, -0.2) is 4.98 Å². The van der Waals surface area contributed by atoms with Gasteiger partial charge >= 0.3 is 0 Å². The predicted molar refractivity (Wildman–Crippen MR) is 103 cm³/mol. The number of aromatic nitrogens is 2. The molecule has 0 radical (unpaired) electrons. The van der Waals surface area contributed by atoms with Crippen molar-refractivity contribution in [1.29, 1.82) is 0 Å². The smallest absolute Gasteiger partial charge is 0.263 e. The normalized spacial score (nSPS) is 15.4. The molecule has 1 aliphatic carbocycles. The highest BCUT2D eigenvalue weighted by atomic mass is 35.5. The summed E-state index contributed by atoms with van der Waals surface area (Å²) < 4.78 is 1.86. The van der Waals surface area contributed by atoms with E-state index in [1.165, 1.54) is 6.42 Å². The number of hydrogen-bond acceptors (Lipinski definition) is 3. The van der Waals surface area contributed by atoms with E-state index in [4.69, 9.17) is 16.6 Å². The maximum atomic E-state index is 13.2. The van der Waals surface area contributed by atoms with Gasteiger partial charge in [0.2, 0.25) is 5.95 Å². The summed E-state index contributed by atoms with van der Waals surface area (Å²) in [6, 6.07) is 15.2. The number of fused-ring (bicyclic) bond motifs is 1. The second kappa shape index (κ2) is 6.89. The van der Waals surface area contributed by atoms with Crippen LogP contribution in [-0.4, -0.2) is 9.55 Å². The molecule has 0 aliphatic heterocycles. The van der Waals surface area contributed by atoms with Crippen molar-refractivity contribution in [3.63, 3.8) is 0 Å². The Morgan fingerprint density at radius 3 is 2.48 bits per heavy atom. The van der Waals surface area contributed by atoms with Gasteiger partial charge in [0.15, 0.2) is 0 Å². The lowest BCUT2D eigenvalue weighted by Crippen LogP contribution is -2.29. The Morgan fingerprint density at radius 1 is 1.00 bits per heavy atom. The molecule has 0 bridgehead atoms. The van der Waals surface area contributed by atoms with Gasteiger partial charge in [-0.05, 0) is 49.2 Å². The molecule has 1 aromatic heterocycles. The summed E-state index contributed by atoms with van der Waals surface area (Å²) in [5.41, 5.74) is 1.63. The second-order valence-corrected chi connectivity index (χ2v) is 6.99. The molecule has 128 valence electrons. The Bertz CT molecular complexity index is 943. The fraction of sp³-hybridized carbons (Fsp3) is 0.300. The molecule has 0 atom stereocenters. The molecule has 0 amide bonds. The van der Waals surface area contributed by atoms with Crippen LogP contribution in [0.1, 0.15) is 38.1 Å². The van der Waals surface area contributed by atoms with Gasteiger partial charge in [0.05, 0.1) is 10.9 Å². The van der Waals surface area contributed by atoms with Gasteiger partial charge in [-0.3, -0.25) is 9.36 Å². The van der Waals surface area contributed by atoms with E-state index in [9.17, 15) is 4.79 Å². The van der Waals surface area contributed by atoms with Gasteiger partial charge in [0.1, 0.15) is 0 Å². The van der Waals surface area contributed by atoms with E-state index < -0.39 is 0 Å². The Hall–Kier alpha value is -2.33. The summed E-state index contributed by atoms with van der Waals surface area (Å²) in [5, 5.41) is 4.68. The van der Waals surface area contributed by atoms with Gasteiger partial charge in [-0.15, -0.1) is 0 Å². The fourth-order valence-electron chi connectivity index (χ4n) is 3.57. The first-order chi connectivity index (χ1) is 12.2. The topological polar surface area (TPSA) is 46.9 Å². The molecule has 1 heterocycles. The van der Waals surface area contributed by atoms with E-state index in [0.717, 1.165) is 36.9 Å². The number of halogens is 1. The minimum Gasteiger partial charge on any atom is -0.326 e. The number of anilines is 2. The molecule has 1 fully saturated rings. The zero-order valence-electron chi connectivity index (χ0n) is 13.9. The summed E-state index contributed by atoms with van der Waals surface area (Å²) in [6.07, 6.45) is 5.60. The van der Waals surface area contributed by atoms with Crippen LogP contribution in [0.15, 0.2) is 53.3 Å². The molecule has 4 nitrogen and oxygen atoms in total. The molecular formula is C20H20ClN3O. The standard InChI is InChI=1S/C20H20ClN3O/c21-14-10-12-15(13-11-14)22-20-23-18-9-5-4-8-17(18)19(25)24(20)16-6-2-1-3-7-16/h4-5,8-13,16H,1-3,6-7H2,(H,22,23).